The molecule has 0 aliphatic heterocycles. The molecule has 43 heavy (non-hydrogen) atoms. The number of hydrogen-bond donors (Lipinski definition) is 3. The van der Waals surface area contributed by atoms with Crippen LogP contribution in [0.3, 0.4) is 0 Å². The van der Waals surface area contributed by atoms with Crippen molar-refractivity contribution >= 4 is 54.2 Å². The van der Waals surface area contributed by atoms with Gasteiger partial charge in [0, 0.05) is 0 Å². The van der Waals surface area contributed by atoms with Crippen LogP contribution in [0.1, 0.15) is 0 Å². The fraction of sp³-hybridized carbons (Fsp3) is 0. The summed E-state index contributed by atoms with van der Waals surface area (Å²) in [5.74, 6) is 0. The zero-order valence-corrected chi connectivity index (χ0v) is 25.4. The fourth-order valence-electron chi connectivity index (χ4n) is 4.47. The molecule has 3 N–H and O–H groups in total. The Hall–Kier alpha value is -3.74. The van der Waals surface area contributed by atoms with Crippen molar-refractivity contribution in [2.75, 3.05) is 0 Å². The second kappa shape index (κ2) is 11.7. The summed E-state index contributed by atoms with van der Waals surface area (Å²) in [6, 6.07) is 32.6. The lowest BCUT2D eigenvalue weighted by atomic mass is 10.1. The van der Waals surface area contributed by atoms with Crippen LogP contribution in [0, 0.1) is 0 Å². The third-order valence-electron chi connectivity index (χ3n) is 6.60. The van der Waals surface area contributed by atoms with Gasteiger partial charge in [0.2, 0.25) is 0 Å². The van der Waals surface area contributed by atoms with Crippen LogP contribution in [0.15, 0.2) is 136 Å². The van der Waals surface area contributed by atoms with Gasteiger partial charge in [-0.3, -0.25) is 13.7 Å². The summed E-state index contributed by atoms with van der Waals surface area (Å²) in [4.78, 5) is -0.663. The van der Waals surface area contributed by atoms with E-state index in [1.807, 2.05) is 48.5 Å². The molecule has 5 rings (SSSR count). The lowest BCUT2D eigenvalue weighted by molar-refractivity contribution is 0.481. The van der Waals surface area contributed by atoms with Gasteiger partial charge in [0.05, 0.1) is 14.7 Å². The van der Waals surface area contributed by atoms with Crippen LogP contribution in [0.5, 0.6) is 0 Å². The summed E-state index contributed by atoms with van der Waals surface area (Å²) in [5.41, 5.74) is 3.02. The van der Waals surface area contributed by atoms with Gasteiger partial charge in [-0.15, -0.1) is 0 Å². The minimum Gasteiger partial charge on any atom is -0.282 e. The van der Waals surface area contributed by atoms with E-state index in [1.54, 1.807) is 36.4 Å². The van der Waals surface area contributed by atoms with Gasteiger partial charge in [0.15, 0.2) is 0 Å². The predicted molar refractivity (Wildman–Crippen MR) is 165 cm³/mol. The topological polar surface area (TPSA) is 163 Å². The zero-order valence-electron chi connectivity index (χ0n) is 22.0. The van der Waals surface area contributed by atoms with E-state index in [1.165, 1.54) is 36.4 Å². The Morgan fingerprint density at radius 1 is 0.372 bits per heavy atom. The first-order valence-electron chi connectivity index (χ1n) is 12.4. The minimum absolute atomic E-state index is 0.215. The van der Waals surface area contributed by atoms with E-state index in [2.05, 4.69) is 0 Å². The molecule has 0 spiro atoms. The van der Waals surface area contributed by atoms with Gasteiger partial charge >= 0.3 is 0 Å². The highest BCUT2D eigenvalue weighted by molar-refractivity contribution is 7.86. The number of benzene rings is 5. The highest BCUT2D eigenvalue weighted by Crippen LogP contribution is 2.35. The number of rotatable bonds is 8. The highest BCUT2D eigenvalue weighted by atomic mass is 32.2. The maximum Gasteiger partial charge on any atom is 0.294 e. The molecule has 0 fully saturated rings. The van der Waals surface area contributed by atoms with E-state index >= 15 is 0 Å². The second-order valence-electron chi connectivity index (χ2n) is 9.40. The lowest BCUT2D eigenvalue weighted by Crippen LogP contribution is -2.21. The van der Waals surface area contributed by atoms with E-state index in [4.69, 9.17) is 0 Å². The van der Waals surface area contributed by atoms with E-state index in [0.717, 1.165) is 32.9 Å². The zero-order chi connectivity index (χ0) is 31.0. The van der Waals surface area contributed by atoms with Crippen LogP contribution in [0.25, 0.3) is 22.3 Å². The molecule has 5 aromatic rings. The molecule has 0 aliphatic rings. The van der Waals surface area contributed by atoms with Crippen molar-refractivity contribution in [3.8, 4) is 22.3 Å². The van der Waals surface area contributed by atoms with E-state index in [9.17, 15) is 38.9 Å². The fourth-order valence-corrected chi connectivity index (χ4v) is 8.34. The Morgan fingerprint density at radius 3 is 1.02 bits per heavy atom. The molecule has 0 saturated heterocycles. The predicted octanol–water partition coefficient (Wildman–Crippen LogP) is 4.52. The van der Waals surface area contributed by atoms with Gasteiger partial charge in [-0.1, -0.05) is 84.9 Å². The maximum absolute atomic E-state index is 11.9. The Labute approximate surface area is 250 Å². The van der Waals surface area contributed by atoms with Crippen LogP contribution in [-0.2, 0) is 30.4 Å². The summed E-state index contributed by atoms with van der Waals surface area (Å²) < 4.78 is 97.5. The average Bonchev–Trinajstić information content (AvgIpc) is 2.97. The van der Waals surface area contributed by atoms with Crippen LogP contribution < -0.4 is 15.9 Å². The third kappa shape index (κ3) is 7.09. The minimum atomic E-state index is -4.45. The molecular formula is C30H23O9PS3. The molecule has 220 valence electrons. The standard InChI is InChI=1S/C30H23O9PS3/c31-41(32,33)28-16-8-23(9-17-28)21-4-12-25(13-5-21)40(27-2-1-3-30(20-27)43(37,38)39)26-14-6-22(7-15-26)24-10-18-29(19-11-24)42(34,35)36/h1-20H,(H,31,32,33)(H,34,35,36)(H,37,38,39). The second-order valence-corrected chi connectivity index (χ2v) is 15.9. The average molecular weight is 655 g/mol. The Balaban J connectivity index is 1.54. The highest BCUT2D eigenvalue weighted by Gasteiger charge is 2.20. The molecule has 13 heteroatoms. The summed E-state index contributed by atoms with van der Waals surface area (Å²) in [5, 5.41) is 2.40. The van der Waals surface area contributed by atoms with Gasteiger partial charge < -0.3 is 0 Å². The molecule has 9 nitrogen and oxygen atoms in total. The van der Waals surface area contributed by atoms with Crippen LogP contribution >= 0.6 is 7.92 Å². The van der Waals surface area contributed by atoms with Crippen molar-refractivity contribution in [3.05, 3.63) is 121 Å². The van der Waals surface area contributed by atoms with E-state index < -0.39 is 38.3 Å². The molecule has 0 bridgehead atoms. The maximum atomic E-state index is 11.9. The van der Waals surface area contributed by atoms with E-state index in [0.29, 0.717) is 5.30 Å². The largest absolute Gasteiger partial charge is 0.294 e. The monoisotopic (exact) mass is 654 g/mol. The van der Waals surface area contributed by atoms with Gasteiger partial charge in [-0.25, -0.2) is 0 Å². The smallest absolute Gasteiger partial charge is 0.282 e. The SMILES string of the molecule is O=S(=O)(O)c1ccc(-c2ccc(P(c3ccc(-c4ccc(S(=O)(=O)O)cc4)cc3)c3cccc(S(=O)(=O)O)c3)cc2)cc1. The van der Waals surface area contributed by atoms with Crippen molar-refractivity contribution in [2.45, 2.75) is 14.7 Å². The summed E-state index contributed by atoms with van der Waals surface area (Å²) >= 11 is 0. The molecule has 0 atom stereocenters. The molecule has 0 aromatic heterocycles. The Kier molecular flexibility index (Phi) is 8.39. The van der Waals surface area contributed by atoms with E-state index in [-0.39, 0.29) is 14.7 Å². The van der Waals surface area contributed by atoms with Gasteiger partial charge in [0.1, 0.15) is 0 Å². The number of hydrogen-bond acceptors (Lipinski definition) is 6. The summed E-state index contributed by atoms with van der Waals surface area (Å²) in [7, 11) is -14.4. The molecular weight excluding hydrogens is 631 g/mol. The first-order chi connectivity index (χ1) is 20.2. The normalized spacial score (nSPS) is 12.4. The van der Waals surface area contributed by atoms with Crippen molar-refractivity contribution < 1.29 is 38.9 Å². The molecule has 0 heterocycles. The van der Waals surface area contributed by atoms with Crippen LogP contribution in [-0.4, -0.2) is 38.9 Å². The molecule has 0 saturated carbocycles. The third-order valence-corrected chi connectivity index (χ3v) is 11.6. The molecule has 0 unspecified atom stereocenters. The summed E-state index contributed by atoms with van der Waals surface area (Å²) in [6.07, 6.45) is 0. The van der Waals surface area contributed by atoms with Gasteiger partial charge in [-0.05, 0) is 82.5 Å². The van der Waals surface area contributed by atoms with Crippen molar-refractivity contribution in [1.82, 2.24) is 0 Å². The first-order valence-corrected chi connectivity index (χ1v) is 18.1. The Bertz CT molecular complexity index is 1990. The van der Waals surface area contributed by atoms with Crippen molar-refractivity contribution in [3.63, 3.8) is 0 Å². The molecule has 0 amide bonds. The van der Waals surface area contributed by atoms with Crippen LogP contribution in [0.2, 0.25) is 0 Å². The molecule has 5 aromatic carbocycles. The van der Waals surface area contributed by atoms with Crippen molar-refractivity contribution in [2.24, 2.45) is 0 Å². The molecule has 0 radical (unpaired) electrons. The van der Waals surface area contributed by atoms with Gasteiger partial charge in [0.25, 0.3) is 30.4 Å². The molecule has 0 aliphatic carbocycles. The summed E-state index contributed by atoms with van der Waals surface area (Å²) in [6.45, 7) is 0. The van der Waals surface area contributed by atoms with Crippen molar-refractivity contribution in [1.29, 1.82) is 0 Å². The quantitative estimate of drug-likeness (QED) is 0.161. The van der Waals surface area contributed by atoms with Crippen LogP contribution in [0.4, 0.5) is 0 Å². The lowest BCUT2D eigenvalue weighted by Gasteiger charge is -2.21. The first kappa shape index (κ1) is 30.7. The van der Waals surface area contributed by atoms with Gasteiger partial charge in [-0.2, -0.15) is 25.3 Å². The Morgan fingerprint density at radius 2 is 0.698 bits per heavy atom.